The van der Waals surface area contributed by atoms with Crippen LogP contribution in [0.4, 0.5) is 15.8 Å². The molecule has 1 aromatic heterocycles. The summed E-state index contributed by atoms with van der Waals surface area (Å²) in [6, 6.07) is 26.6. The van der Waals surface area contributed by atoms with E-state index in [4.69, 9.17) is 16.3 Å². The van der Waals surface area contributed by atoms with Crippen LogP contribution in [0.15, 0.2) is 102 Å². The summed E-state index contributed by atoms with van der Waals surface area (Å²) in [5, 5.41) is 4.77. The van der Waals surface area contributed by atoms with Crippen LogP contribution in [0.5, 0.6) is 5.75 Å². The first-order chi connectivity index (χ1) is 21.3. The van der Waals surface area contributed by atoms with Gasteiger partial charge >= 0.3 is 0 Å². The number of hydrogen-bond donors (Lipinski definition) is 1. The van der Waals surface area contributed by atoms with Crippen LogP contribution in [0.25, 0.3) is 22.0 Å². The van der Waals surface area contributed by atoms with Gasteiger partial charge in [-0.2, -0.15) is 4.31 Å². The van der Waals surface area contributed by atoms with Gasteiger partial charge in [-0.1, -0.05) is 48.0 Å². The molecular formula is C34H32ClFN4O3S. The number of hydrogen-bond acceptors (Lipinski definition) is 6. The van der Waals surface area contributed by atoms with Crippen molar-refractivity contribution < 1.29 is 17.5 Å². The number of aromatic nitrogens is 1. The SMILES string of the molecule is CN1CCCN(S(=O)(=O)c2ccc(-c3ccc4c(Nc5ccc(OCc6cccc(F)c6)c(Cl)c5)ccnc4c3)cc2)CC1. The molecule has 5 aromatic rings. The molecule has 0 spiro atoms. The van der Waals surface area contributed by atoms with E-state index >= 15 is 0 Å². The van der Waals surface area contributed by atoms with E-state index in [1.54, 1.807) is 46.9 Å². The minimum Gasteiger partial charge on any atom is -0.487 e. The van der Waals surface area contributed by atoms with Gasteiger partial charge in [0.15, 0.2) is 0 Å². The molecule has 2 heterocycles. The van der Waals surface area contributed by atoms with Crippen LogP contribution < -0.4 is 10.1 Å². The van der Waals surface area contributed by atoms with Crippen molar-refractivity contribution in [2.75, 3.05) is 38.5 Å². The van der Waals surface area contributed by atoms with Crippen molar-refractivity contribution in [2.24, 2.45) is 0 Å². The zero-order valence-electron chi connectivity index (χ0n) is 24.2. The Hall–Kier alpha value is -4.02. The molecule has 44 heavy (non-hydrogen) atoms. The van der Waals surface area contributed by atoms with Gasteiger partial charge in [-0.05, 0) is 91.3 Å². The molecule has 1 N–H and O–H groups in total. The molecule has 10 heteroatoms. The van der Waals surface area contributed by atoms with Crippen LogP contribution in [-0.2, 0) is 16.6 Å². The number of ether oxygens (including phenoxy) is 1. The summed E-state index contributed by atoms with van der Waals surface area (Å²) in [5.41, 5.74) is 4.98. The Morgan fingerprint density at radius 3 is 2.52 bits per heavy atom. The van der Waals surface area contributed by atoms with E-state index in [2.05, 4.69) is 15.2 Å². The number of benzene rings is 4. The number of nitrogens with one attached hydrogen (secondary N) is 1. The summed E-state index contributed by atoms with van der Waals surface area (Å²) in [6.07, 6.45) is 2.56. The van der Waals surface area contributed by atoms with Crippen LogP contribution in [-0.4, -0.2) is 55.8 Å². The first-order valence-electron chi connectivity index (χ1n) is 14.4. The second kappa shape index (κ2) is 12.9. The lowest BCUT2D eigenvalue weighted by molar-refractivity contribution is 0.306. The lowest BCUT2D eigenvalue weighted by Crippen LogP contribution is -2.34. The highest BCUT2D eigenvalue weighted by Gasteiger charge is 2.26. The maximum absolute atomic E-state index is 13.5. The smallest absolute Gasteiger partial charge is 0.243 e. The minimum absolute atomic E-state index is 0.205. The summed E-state index contributed by atoms with van der Waals surface area (Å²) in [4.78, 5) is 7.04. The Kier molecular flexibility index (Phi) is 8.81. The summed E-state index contributed by atoms with van der Waals surface area (Å²) in [6.45, 7) is 2.85. The average Bonchev–Trinajstić information content (AvgIpc) is 3.25. The summed E-state index contributed by atoms with van der Waals surface area (Å²) >= 11 is 6.50. The van der Waals surface area contributed by atoms with Crippen LogP contribution in [0.2, 0.25) is 5.02 Å². The maximum Gasteiger partial charge on any atom is 0.243 e. The van der Waals surface area contributed by atoms with Crippen molar-refractivity contribution in [3.8, 4) is 16.9 Å². The largest absolute Gasteiger partial charge is 0.487 e. The van der Waals surface area contributed by atoms with Crippen LogP contribution >= 0.6 is 11.6 Å². The standard InChI is InChI=1S/C34H32ClFN4O3S/c1-39-16-3-17-40(19-18-39)44(41,42)29-10-6-25(7-11-29)26-8-12-30-32(14-15-37-33(30)21-26)38-28-9-13-34(31(35)22-28)43-23-24-4-2-5-27(36)20-24/h2,4-15,20-22H,3,16-19,23H2,1H3,(H,37,38). The van der Waals surface area contributed by atoms with Gasteiger partial charge in [-0.3, -0.25) is 4.98 Å². The molecule has 0 bridgehead atoms. The quantitative estimate of drug-likeness (QED) is 0.193. The zero-order chi connectivity index (χ0) is 30.7. The molecule has 0 radical (unpaired) electrons. The highest BCUT2D eigenvalue weighted by Crippen LogP contribution is 2.33. The fourth-order valence-electron chi connectivity index (χ4n) is 5.31. The Balaban J connectivity index is 1.17. The van der Waals surface area contributed by atoms with Crippen molar-refractivity contribution >= 4 is 43.9 Å². The number of pyridine rings is 1. The van der Waals surface area contributed by atoms with E-state index in [0.717, 1.165) is 52.9 Å². The molecule has 6 rings (SSSR count). The molecule has 1 saturated heterocycles. The van der Waals surface area contributed by atoms with Crippen molar-refractivity contribution in [1.29, 1.82) is 0 Å². The summed E-state index contributed by atoms with van der Waals surface area (Å²) < 4.78 is 47.4. The lowest BCUT2D eigenvalue weighted by atomic mass is 10.0. The molecule has 0 unspecified atom stereocenters. The highest BCUT2D eigenvalue weighted by molar-refractivity contribution is 7.89. The van der Waals surface area contributed by atoms with E-state index in [-0.39, 0.29) is 12.4 Å². The van der Waals surface area contributed by atoms with Gasteiger partial charge in [0.2, 0.25) is 10.0 Å². The molecular weight excluding hydrogens is 599 g/mol. The average molecular weight is 631 g/mol. The molecule has 0 atom stereocenters. The van der Waals surface area contributed by atoms with Gasteiger partial charge in [-0.25, -0.2) is 12.8 Å². The number of anilines is 2. The van der Waals surface area contributed by atoms with Gasteiger partial charge in [0.1, 0.15) is 18.2 Å². The van der Waals surface area contributed by atoms with Crippen molar-refractivity contribution in [3.63, 3.8) is 0 Å². The number of rotatable bonds is 8. The molecule has 4 aromatic carbocycles. The Morgan fingerprint density at radius 2 is 1.73 bits per heavy atom. The monoisotopic (exact) mass is 630 g/mol. The van der Waals surface area contributed by atoms with E-state index in [1.165, 1.54) is 12.1 Å². The van der Waals surface area contributed by atoms with Crippen LogP contribution in [0, 0.1) is 5.82 Å². The summed E-state index contributed by atoms with van der Waals surface area (Å²) in [7, 11) is -1.53. The van der Waals surface area contributed by atoms with Crippen molar-refractivity contribution in [1.82, 2.24) is 14.2 Å². The second-order valence-corrected chi connectivity index (χ2v) is 13.2. The second-order valence-electron chi connectivity index (χ2n) is 10.9. The topological polar surface area (TPSA) is 74.8 Å². The molecule has 0 aliphatic carbocycles. The predicted octanol–water partition coefficient (Wildman–Crippen LogP) is 7.34. The van der Waals surface area contributed by atoms with Gasteiger partial charge in [0, 0.05) is 42.6 Å². The molecule has 0 amide bonds. The first-order valence-corrected chi connectivity index (χ1v) is 16.2. The highest BCUT2D eigenvalue weighted by atomic mass is 35.5. The van der Waals surface area contributed by atoms with Crippen molar-refractivity contribution in [3.05, 3.63) is 114 Å². The third-order valence-electron chi connectivity index (χ3n) is 7.74. The third kappa shape index (κ3) is 6.71. The van der Waals surface area contributed by atoms with E-state index in [1.807, 2.05) is 49.5 Å². The number of likely N-dealkylation sites (N-methyl/N-ethyl adjacent to an activating group) is 1. The van der Waals surface area contributed by atoms with Crippen LogP contribution in [0.3, 0.4) is 0 Å². The molecule has 0 saturated carbocycles. The maximum atomic E-state index is 13.5. The fourth-order valence-corrected chi connectivity index (χ4v) is 7.01. The van der Waals surface area contributed by atoms with Crippen molar-refractivity contribution in [2.45, 2.75) is 17.9 Å². The first kappa shape index (κ1) is 30.0. The Labute approximate surface area is 261 Å². The van der Waals surface area contributed by atoms with Gasteiger partial charge in [-0.15, -0.1) is 0 Å². The number of sulfonamides is 1. The molecule has 226 valence electrons. The van der Waals surface area contributed by atoms with Gasteiger partial charge in [0.25, 0.3) is 0 Å². The number of fused-ring (bicyclic) bond motifs is 1. The minimum atomic E-state index is -3.55. The molecule has 1 fully saturated rings. The fraction of sp³-hybridized carbons (Fsp3) is 0.206. The summed E-state index contributed by atoms with van der Waals surface area (Å²) in [5.74, 6) is 0.192. The lowest BCUT2D eigenvalue weighted by Gasteiger charge is -2.20. The predicted molar refractivity (Wildman–Crippen MR) is 174 cm³/mol. The zero-order valence-corrected chi connectivity index (χ0v) is 25.8. The molecule has 1 aliphatic heterocycles. The van der Waals surface area contributed by atoms with E-state index in [9.17, 15) is 12.8 Å². The van der Waals surface area contributed by atoms with Gasteiger partial charge in [0.05, 0.1) is 15.4 Å². The Bertz CT molecular complexity index is 1900. The number of halogens is 2. The third-order valence-corrected chi connectivity index (χ3v) is 9.95. The van der Waals surface area contributed by atoms with E-state index < -0.39 is 10.0 Å². The molecule has 1 aliphatic rings. The Morgan fingerprint density at radius 1 is 0.909 bits per heavy atom. The van der Waals surface area contributed by atoms with Crippen LogP contribution in [0.1, 0.15) is 12.0 Å². The normalized spacial score (nSPS) is 14.8. The van der Waals surface area contributed by atoms with Gasteiger partial charge < -0.3 is 15.0 Å². The molecule has 7 nitrogen and oxygen atoms in total. The number of nitrogens with zero attached hydrogens (tertiary/aromatic N) is 3. The van der Waals surface area contributed by atoms with E-state index in [0.29, 0.717) is 34.3 Å².